The molecule has 1 aromatic rings. The van der Waals surface area contributed by atoms with Gasteiger partial charge >= 0.3 is 0 Å². The van der Waals surface area contributed by atoms with E-state index in [1.807, 2.05) is 17.2 Å². The number of aryl methyl sites for hydroxylation is 1. The number of hydrogen-bond acceptors (Lipinski definition) is 4. The molecule has 0 spiro atoms. The molecule has 5 heteroatoms. The standard InChI is InChI=1S/C22H35N3O2/c1-18-7-5-13-24-20(18)10-14-23-17-22(27)12-6-15-25(21(22)26)16-11-19-8-3-2-4-9-19/h5,7,13,19,23,27H,2-4,6,8-12,14-17H2,1H3/t22-/m1/s1. The van der Waals surface area contributed by atoms with Crippen LogP contribution in [0, 0.1) is 12.8 Å². The van der Waals surface area contributed by atoms with Gasteiger partial charge in [0.05, 0.1) is 0 Å². The van der Waals surface area contributed by atoms with Crippen LogP contribution in [0.25, 0.3) is 0 Å². The van der Waals surface area contributed by atoms with Crippen LogP contribution < -0.4 is 5.32 Å². The van der Waals surface area contributed by atoms with E-state index in [2.05, 4.69) is 23.3 Å². The number of piperidine rings is 1. The number of aromatic nitrogens is 1. The maximum atomic E-state index is 12.9. The van der Waals surface area contributed by atoms with Gasteiger partial charge in [0, 0.05) is 44.5 Å². The van der Waals surface area contributed by atoms with E-state index in [1.54, 1.807) is 0 Å². The van der Waals surface area contributed by atoms with E-state index < -0.39 is 5.60 Å². The van der Waals surface area contributed by atoms with Crippen LogP contribution in [0.1, 0.15) is 62.6 Å². The van der Waals surface area contributed by atoms with Crippen molar-refractivity contribution in [2.45, 2.75) is 70.3 Å². The van der Waals surface area contributed by atoms with Crippen molar-refractivity contribution in [2.75, 3.05) is 26.2 Å². The third kappa shape index (κ3) is 5.52. The molecule has 2 N–H and O–H groups in total. The van der Waals surface area contributed by atoms with Crippen LogP contribution in [-0.4, -0.2) is 52.7 Å². The van der Waals surface area contributed by atoms with E-state index >= 15 is 0 Å². The number of nitrogens with one attached hydrogen (secondary N) is 1. The molecule has 1 aromatic heterocycles. The number of rotatable bonds is 8. The molecular formula is C22H35N3O2. The first-order chi connectivity index (χ1) is 13.1. The van der Waals surface area contributed by atoms with E-state index in [0.29, 0.717) is 13.0 Å². The van der Waals surface area contributed by atoms with Crippen LogP contribution in [0.5, 0.6) is 0 Å². The fraction of sp³-hybridized carbons (Fsp3) is 0.727. The SMILES string of the molecule is Cc1cccnc1CCNC[C@]1(O)CCCN(CCC2CCCCC2)C1=O. The molecule has 0 aromatic carbocycles. The molecule has 0 unspecified atom stereocenters. The number of pyridine rings is 1. The summed E-state index contributed by atoms with van der Waals surface area (Å²) < 4.78 is 0. The van der Waals surface area contributed by atoms with Crippen molar-refractivity contribution in [1.29, 1.82) is 0 Å². The highest BCUT2D eigenvalue weighted by Gasteiger charge is 2.41. The molecule has 1 aliphatic heterocycles. The Morgan fingerprint density at radius 1 is 1.30 bits per heavy atom. The molecule has 1 atom stereocenters. The summed E-state index contributed by atoms with van der Waals surface area (Å²) in [4.78, 5) is 19.2. The molecule has 2 heterocycles. The predicted molar refractivity (Wildman–Crippen MR) is 108 cm³/mol. The minimum Gasteiger partial charge on any atom is -0.379 e. The van der Waals surface area contributed by atoms with E-state index in [4.69, 9.17) is 0 Å². The molecule has 0 bridgehead atoms. The van der Waals surface area contributed by atoms with Crippen molar-refractivity contribution in [3.8, 4) is 0 Å². The molecule has 1 saturated heterocycles. The fourth-order valence-corrected chi connectivity index (χ4v) is 4.54. The van der Waals surface area contributed by atoms with Crippen molar-refractivity contribution in [3.05, 3.63) is 29.6 Å². The van der Waals surface area contributed by atoms with Gasteiger partial charge in [-0.1, -0.05) is 38.2 Å². The van der Waals surface area contributed by atoms with E-state index in [1.165, 1.54) is 37.7 Å². The maximum Gasteiger partial charge on any atom is 0.255 e. The minimum absolute atomic E-state index is 0.0777. The first kappa shape index (κ1) is 20.3. The van der Waals surface area contributed by atoms with Crippen LogP contribution in [0.15, 0.2) is 18.3 Å². The lowest BCUT2D eigenvalue weighted by Gasteiger charge is -2.39. The normalized spacial score (nSPS) is 24.4. The van der Waals surface area contributed by atoms with Crippen LogP contribution in [0.3, 0.4) is 0 Å². The molecule has 1 saturated carbocycles. The van der Waals surface area contributed by atoms with Crippen LogP contribution in [0.4, 0.5) is 0 Å². The Morgan fingerprint density at radius 3 is 2.89 bits per heavy atom. The van der Waals surface area contributed by atoms with Gasteiger partial charge in [0.25, 0.3) is 5.91 Å². The van der Waals surface area contributed by atoms with Gasteiger partial charge in [0.1, 0.15) is 0 Å². The highest BCUT2D eigenvalue weighted by molar-refractivity contribution is 5.86. The van der Waals surface area contributed by atoms with E-state index in [-0.39, 0.29) is 5.91 Å². The zero-order valence-corrected chi connectivity index (χ0v) is 16.8. The van der Waals surface area contributed by atoms with Crippen molar-refractivity contribution in [3.63, 3.8) is 0 Å². The zero-order chi connectivity index (χ0) is 19.1. The Hall–Kier alpha value is -1.46. The van der Waals surface area contributed by atoms with E-state index in [0.717, 1.165) is 50.5 Å². The summed E-state index contributed by atoms with van der Waals surface area (Å²) in [5.41, 5.74) is 1.01. The second kappa shape index (κ2) is 9.65. The Balaban J connectivity index is 1.44. The van der Waals surface area contributed by atoms with Gasteiger partial charge in [-0.3, -0.25) is 9.78 Å². The second-order valence-electron chi connectivity index (χ2n) is 8.41. The van der Waals surface area contributed by atoms with Gasteiger partial charge in [-0.15, -0.1) is 0 Å². The first-order valence-electron chi connectivity index (χ1n) is 10.7. The lowest BCUT2D eigenvalue weighted by Crippen LogP contribution is -2.58. The molecule has 150 valence electrons. The molecule has 2 fully saturated rings. The topological polar surface area (TPSA) is 65.5 Å². The lowest BCUT2D eigenvalue weighted by atomic mass is 9.86. The van der Waals surface area contributed by atoms with Crippen molar-refractivity contribution < 1.29 is 9.90 Å². The maximum absolute atomic E-state index is 12.9. The van der Waals surface area contributed by atoms with Crippen LogP contribution in [0.2, 0.25) is 0 Å². The van der Waals surface area contributed by atoms with E-state index in [9.17, 15) is 9.90 Å². The Kier molecular flexibility index (Phi) is 7.25. The summed E-state index contributed by atoms with van der Waals surface area (Å²) in [5, 5.41) is 14.2. The van der Waals surface area contributed by atoms with Crippen molar-refractivity contribution >= 4 is 5.91 Å². The first-order valence-corrected chi connectivity index (χ1v) is 10.7. The van der Waals surface area contributed by atoms with Crippen LogP contribution in [-0.2, 0) is 11.2 Å². The Morgan fingerprint density at radius 2 is 2.11 bits per heavy atom. The summed E-state index contributed by atoms with van der Waals surface area (Å²) in [5.74, 6) is 0.687. The highest BCUT2D eigenvalue weighted by atomic mass is 16.3. The molecule has 1 aliphatic carbocycles. The summed E-state index contributed by atoms with van der Waals surface area (Å²) >= 11 is 0. The average Bonchev–Trinajstić information content (AvgIpc) is 2.69. The molecule has 1 amide bonds. The summed E-state index contributed by atoms with van der Waals surface area (Å²) in [7, 11) is 0. The molecule has 5 nitrogen and oxygen atoms in total. The second-order valence-corrected chi connectivity index (χ2v) is 8.41. The quantitative estimate of drug-likeness (QED) is 0.688. The van der Waals surface area contributed by atoms with Gasteiger partial charge in [0.15, 0.2) is 5.60 Å². The number of nitrogens with zero attached hydrogens (tertiary/aromatic N) is 2. The molecular weight excluding hydrogens is 338 g/mol. The van der Waals surface area contributed by atoms with Crippen LogP contribution >= 0.6 is 0 Å². The van der Waals surface area contributed by atoms with Gasteiger partial charge in [-0.25, -0.2) is 0 Å². The third-order valence-electron chi connectivity index (χ3n) is 6.31. The fourth-order valence-electron chi connectivity index (χ4n) is 4.54. The number of likely N-dealkylation sites (tertiary alicyclic amines) is 1. The third-order valence-corrected chi connectivity index (χ3v) is 6.31. The summed E-state index contributed by atoms with van der Waals surface area (Å²) in [6.45, 7) is 4.71. The monoisotopic (exact) mass is 373 g/mol. The minimum atomic E-state index is -1.25. The number of hydrogen-bond donors (Lipinski definition) is 2. The van der Waals surface area contributed by atoms with Crippen molar-refractivity contribution in [2.24, 2.45) is 5.92 Å². The van der Waals surface area contributed by atoms with Crippen molar-refractivity contribution in [1.82, 2.24) is 15.2 Å². The van der Waals surface area contributed by atoms with Gasteiger partial charge in [-0.05, 0) is 43.7 Å². The number of amides is 1. The molecule has 2 aliphatic rings. The molecule has 0 radical (unpaired) electrons. The van der Waals surface area contributed by atoms with Gasteiger partial charge in [0.2, 0.25) is 0 Å². The lowest BCUT2D eigenvalue weighted by molar-refractivity contribution is -0.156. The number of aliphatic hydroxyl groups is 1. The zero-order valence-electron chi connectivity index (χ0n) is 16.8. The van der Waals surface area contributed by atoms with Gasteiger partial charge < -0.3 is 15.3 Å². The smallest absolute Gasteiger partial charge is 0.255 e. The average molecular weight is 374 g/mol. The number of carbonyl (C=O) groups is 1. The summed E-state index contributed by atoms with van der Waals surface area (Å²) in [6.07, 6.45) is 11.8. The Labute approximate surface area is 163 Å². The Bertz CT molecular complexity index is 615. The molecule has 27 heavy (non-hydrogen) atoms. The van der Waals surface area contributed by atoms with Gasteiger partial charge in [-0.2, -0.15) is 0 Å². The number of carbonyl (C=O) groups excluding carboxylic acids is 1. The summed E-state index contributed by atoms with van der Waals surface area (Å²) in [6, 6.07) is 4.00. The largest absolute Gasteiger partial charge is 0.379 e. The predicted octanol–water partition coefficient (Wildman–Crippen LogP) is 2.85. The highest BCUT2D eigenvalue weighted by Crippen LogP contribution is 2.28. The molecule has 3 rings (SSSR count).